The lowest BCUT2D eigenvalue weighted by Crippen LogP contribution is -2.45. The standard InChI is InChI=1S/C16H23ClN2O2S/c17-13-4-6-15(7-5-13)22-12-16(21)18-8-10-19-9-2-1-3-14(19)11-20/h4-7,14,20H,1-3,8-12H2,(H,18,21)/t14-/m0/s1. The molecule has 4 nitrogen and oxygen atoms in total. The summed E-state index contributed by atoms with van der Waals surface area (Å²) in [5.41, 5.74) is 0. The molecule has 1 atom stereocenters. The van der Waals surface area contributed by atoms with E-state index < -0.39 is 0 Å². The van der Waals surface area contributed by atoms with Gasteiger partial charge in [0.2, 0.25) is 5.91 Å². The predicted octanol–water partition coefficient (Wildman–Crippen LogP) is 2.40. The molecule has 0 aliphatic carbocycles. The van der Waals surface area contributed by atoms with Gasteiger partial charge >= 0.3 is 0 Å². The van der Waals surface area contributed by atoms with Crippen molar-refractivity contribution in [2.24, 2.45) is 0 Å². The third-order valence-electron chi connectivity index (χ3n) is 3.86. The highest BCUT2D eigenvalue weighted by molar-refractivity contribution is 8.00. The number of nitrogens with zero attached hydrogens (tertiary/aromatic N) is 1. The molecule has 1 aliphatic heterocycles. The monoisotopic (exact) mass is 342 g/mol. The van der Waals surface area contributed by atoms with E-state index in [1.807, 2.05) is 24.3 Å². The van der Waals surface area contributed by atoms with Gasteiger partial charge in [-0.05, 0) is 43.7 Å². The minimum Gasteiger partial charge on any atom is -0.395 e. The number of piperidine rings is 1. The van der Waals surface area contributed by atoms with Crippen molar-refractivity contribution in [1.29, 1.82) is 0 Å². The van der Waals surface area contributed by atoms with Crippen molar-refractivity contribution in [2.75, 3.05) is 32.0 Å². The molecule has 122 valence electrons. The Labute approximate surface area is 141 Å². The van der Waals surface area contributed by atoms with Gasteiger partial charge in [-0.1, -0.05) is 18.0 Å². The van der Waals surface area contributed by atoms with Crippen LogP contribution in [0.25, 0.3) is 0 Å². The Hall–Kier alpha value is -0.750. The van der Waals surface area contributed by atoms with Gasteiger partial charge in [0.25, 0.3) is 0 Å². The molecular weight excluding hydrogens is 320 g/mol. The number of hydrogen-bond donors (Lipinski definition) is 2. The third kappa shape index (κ3) is 5.80. The number of aliphatic hydroxyl groups is 1. The summed E-state index contributed by atoms with van der Waals surface area (Å²) in [7, 11) is 0. The van der Waals surface area contributed by atoms with E-state index in [9.17, 15) is 9.90 Å². The van der Waals surface area contributed by atoms with Crippen LogP contribution in [0.15, 0.2) is 29.2 Å². The van der Waals surface area contributed by atoms with Crippen LogP contribution in [0.5, 0.6) is 0 Å². The summed E-state index contributed by atoms with van der Waals surface area (Å²) in [4.78, 5) is 15.2. The van der Waals surface area contributed by atoms with Crippen molar-refractivity contribution in [2.45, 2.75) is 30.2 Å². The lowest BCUT2D eigenvalue weighted by molar-refractivity contribution is -0.118. The Balaban J connectivity index is 1.64. The van der Waals surface area contributed by atoms with E-state index in [0.29, 0.717) is 17.3 Å². The van der Waals surface area contributed by atoms with Crippen molar-refractivity contribution in [1.82, 2.24) is 10.2 Å². The average Bonchev–Trinajstić information content (AvgIpc) is 2.55. The van der Waals surface area contributed by atoms with Crippen LogP contribution in [0, 0.1) is 0 Å². The molecule has 22 heavy (non-hydrogen) atoms. The highest BCUT2D eigenvalue weighted by Crippen LogP contribution is 2.20. The lowest BCUT2D eigenvalue weighted by Gasteiger charge is -2.34. The number of aliphatic hydroxyl groups excluding tert-OH is 1. The molecule has 1 aromatic rings. The molecule has 0 radical (unpaired) electrons. The summed E-state index contributed by atoms with van der Waals surface area (Å²) in [5, 5.41) is 13.0. The summed E-state index contributed by atoms with van der Waals surface area (Å²) in [6.45, 7) is 2.67. The molecule has 6 heteroatoms. The number of benzene rings is 1. The first-order valence-corrected chi connectivity index (χ1v) is 9.05. The van der Waals surface area contributed by atoms with Crippen LogP contribution in [0.2, 0.25) is 5.02 Å². The van der Waals surface area contributed by atoms with E-state index in [2.05, 4.69) is 10.2 Å². The number of halogens is 1. The van der Waals surface area contributed by atoms with Gasteiger partial charge < -0.3 is 10.4 Å². The highest BCUT2D eigenvalue weighted by atomic mass is 35.5. The molecule has 0 unspecified atom stereocenters. The van der Waals surface area contributed by atoms with Gasteiger partial charge in [0, 0.05) is 29.0 Å². The summed E-state index contributed by atoms with van der Waals surface area (Å²) in [5.74, 6) is 0.447. The number of hydrogen-bond acceptors (Lipinski definition) is 4. The van der Waals surface area contributed by atoms with Crippen LogP contribution in [-0.2, 0) is 4.79 Å². The van der Waals surface area contributed by atoms with E-state index in [0.717, 1.165) is 24.4 Å². The number of carbonyl (C=O) groups is 1. The molecule has 0 aromatic heterocycles. The molecule has 0 saturated carbocycles. The van der Waals surface area contributed by atoms with Crippen LogP contribution < -0.4 is 5.32 Å². The van der Waals surface area contributed by atoms with E-state index in [-0.39, 0.29) is 18.6 Å². The molecule has 1 saturated heterocycles. The van der Waals surface area contributed by atoms with E-state index in [1.165, 1.54) is 24.6 Å². The van der Waals surface area contributed by atoms with Crippen LogP contribution >= 0.6 is 23.4 Å². The number of amides is 1. The van der Waals surface area contributed by atoms with Gasteiger partial charge in [0.1, 0.15) is 0 Å². The zero-order chi connectivity index (χ0) is 15.8. The fourth-order valence-electron chi connectivity index (χ4n) is 2.63. The van der Waals surface area contributed by atoms with Crippen molar-refractivity contribution >= 4 is 29.3 Å². The Morgan fingerprint density at radius 1 is 1.36 bits per heavy atom. The zero-order valence-corrected chi connectivity index (χ0v) is 14.2. The van der Waals surface area contributed by atoms with E-state index in [1.54, 1.807) is 0 Å². The molecule has 1 fully saturated rings. The number of thioether (sulfide) groups is 1. The van der Waals surface area contributed by atoms with Crippen molar-refractivity contribution < 1.29 is 9.90 Å². The molecule has 1 heterocycles. The van der Waals surface area contributed by atoms with Crippen LogP contribution in [0.3, 0.4) is 0 Å². The summed E-state index contributed by atoms with van der Waals surface area (Å²) in [6.07, 6.45) is 3.42. The van der Waals surface area contributed by atoms with Gasteiger partial charge in [-0.15, -0.1) is 11.8 Å². The van der Waals surface area contributed by atoms with Crippen LogP contribution in [0.4, 0.5) is 0 Å². The quantitative estimate of drug-likeness (QED) is 0.747. The second-order valence-corrected chi connectivity index (χ2v) is 6.95. The fraction of sp³-hybridized carbons (Fsp3) is 0.562. The lowest BCUT2D eigenvalue weighted by atomic mass is 10.0. The number of nitrogens with one attached hydrogen (secondary N) is 1. The Kier molecular flexibility index (Phi) is 7.52. The largest absolute Gasteiger partial charge is 0.395 e. The summed E-state index contributed by atoms with van der Waals surface area (Å²) in [6, 6.07) is 7.74. The van der Waals surface area contributed by atoms with Gasteiger partial charge in [-0.2, -0.15) is 0 Å². The highest BCUT2D eigenvalue weighted by Gasteiger charge is 2.20. The molecule has 1 amide bonds. The maximum atomic E-state index is 11.9. The smallest absolute Gasteiger partial charge is 0.230 e. The molecule has 2 rings (SSSR count). The van der Waals surface area contributed by atoms with E-state index >= 15 is 0 Å². The molecule has 1 aliphatic rings. The Morgan fingerprint density at radius 3 is 2.86 bits per heavy atom. The van der Waals surface area contributed by atoms with Gasteiger partial charge in [0.15, 0.2) is 0 Å². The Bertz CT molecular complexity index is 470. The molecular formula is C16H23ClN2O2S. The van der Waals surface area contributed by atoms with Gasteiger partial charge in [0.05, 0.1) is 12.4 Å². The van der Waals surface area contributed by atoms with Crippen molar-refractivity contribution in [3.05, 3.63) is 29.3 Å². The minimum absolute atomic E-state index is 0.0394. The topological polar surface area (TPSA) is 52.6 Å². The Morgan fingerprint density at radius 2 is 2.14 bits per heavy atom. The number of carbonyl (C=O) groups excluding carboxylic acids is 1. The molecule has 0 bridgehead atoms. The van der Waals surface area contributed by atoms with E-state index in [4.69, 9.17) is 11.6 Å². The second-order valence-electron chi connectivity index (χ2n) is 5.46. The summed E-state index contributed by atoms with van der Waals surface area (Å²) >= 11 is 7.33. The number of likely N-dealkylation sites (tertiary alicyclic amines) is 1. The third-order valence-corrected chi connectivity index (χ3v) is 5.13. The van der Waals surface area contributed by atoms with Gasteiger partial charge in [-0.3, -0.25) is 9.69 Å². The minimum atomic E-state index is 0.0394. The SMILES string of the molecule is O=C(CSc1ccc(Cl)cc1)NCCN1CCCC[C@H]1CO. The first kappa shape index (κ1) is 17.6. The summed E-state index contributed by atoms with van der Waals surface area (Å²) < 4.78 is 0. The predicted molar refractivity (Wildman–Crippen MR) is 91.5 cm³/mol. The van der Waals surface area contributed by atoms with Crippen LogP contribution in [-0.4, -0.2) is 53.9 Å². The van der Waals surface area contributed by atoms with Crippen molar-refractivity contribution in [3.63, 3.8) is 0 Å². The fourth-order valence-corrected chi connectivity index (χ4v) is 3.49. The zero-order valence-electron chi connectivity index (χ0n) is 12.6. The molecule has 1 aromatic carbocycles. The average molecular weight is 343 g/mol. The van der Waals surface area contributed by atoms with Gasteiger partial charge in [-0.25, -0.2) is 0 Å². The second kappa shape index (κ2) is 9.40. The first-order chi connectivity index (χ1) is 10.7. The maximum absolute atomic E-state index is 11.9. The maximum Gasteiger partial charge on any atom is 0.230 e. The first-order valence-electron chi connectivity index (χ1n) is 7.69. The van der Waals surface area contributed by atoms with Crippen molar-refractivity contribution in [3.8, 4) is 0 Å². The number of rotatable bonds is 7. The van der Waals surface area contributed by atoms with Crippen LogP contribution in [0.1, 0.15) is 19.3 Å². The normalized spacial score (nSPS) is 19.1. The molecule has 2 N–H and O–H groups in total. The molecule has 0 spiro atoms.